The fraction of sp³-hybridized carbons (Fsp3) is 0. The van der Waals surface area contributed by atoms with E-state index in [0.717, 1.165) is 77.0 Å². The van der Waals surface area contributed by atoms with Gasteiger partial charge in [-0.25, -0.2) is 15.0 Å². The van der Waals surface area contributed by atoms with Crippen LogP contribution in [0.5, 0.6) is 0 Å². The van der Waals surface area contributed by atoms with Crippen molar-refractivity contribution in [1.29, 1.82) is 0 Å². The molecule has 0 spiro atoms. The van der Waals surface area contributed by atoms with Crippen molar-refractivity contribution in [3.05, 3.63) is 188 Å². The van der Waals surface area contributed by atoms with Gasteiger partial charge in [0.25, 0.3) is 0 Å². The van der Waals surface area contributed by atoms with Crippen molar-refractivity contribution < 1.29 is 4.42 Å². The Bertz CT molecular complexity index is 3260. The maximum Gasteiger partial charge on any atom is 0.164 e. The van der Waals surface area contributed by atoms with Crippen molar-refractivity contribution in [3.63, 3.8) is 0 Å². The highest BCUT2D eigenvalue weighted by atomic mass is 16.3. The van der Waals surface area contributed by atoms with Crippen LogP contribution in [0.4, 0.5) is 0 Å². The van der Waals surface area contributed by atoms with Gasteiger partial charge < -0.3 is 4.42 Å². The average molecular weight is 702 g/mol. The normalized spacial score (nSPS) is 11.6. The van der Waals surface area contributed by atoms with Crippen molar-refractivity contribution in [1.82, 2.24) is 15.0 Å². The van der Waals surface area contributed by atoms with Crippen LogP contribution in [0, 0.1) is 0 Å². The summed E-state index contributed by atoms with van der Waals surface area (Å²) in [6, 6.07) is 65.6. The van der Waals surface area contributed by atoms with Crippen LogP contribution in [0.3, 0.4) is 0 Å². The molecule has 0 bridgehead atoms. The SMILES string of the molecule is c1ccc(-c2ccccc2-c2nc(-c3cc4ccc5ccccc5c4c4ccccc34)nc(-c3ccc(-c4ccccc4)c4oc5ccccc5c34)n2)cc1. The quantitative estimate of drug-likeness (QED) is 0.168. The van der Waals surface area contributed by atoms with Gasteiger partial charge in [-0.1, -0.05) is 164 Å². The standard InChI is InChI=1S/C51H31N3O/c1-3-15-32(16-4-1)36-20-9-12-24-41(36)49-52-50(43-30-29-38(33-17-5-2-6-18-33)48-47(43)42-25-13-14-26-45(42)55-48)54-51(53-49)44-31-35-28-27-34-19-7-8-21-37(34)46(35)40-23-11-10-22-39(40)44/h1-31H. The fourth-order valence-corrected chi connectivity index (χ4v) is 8.21. The molecule has 0 atom stereocenters. The second-order valence-corrected chi connectivity index (χ2v) is 13.9. The van der Waals surface area contributed by atoms with E-state index in [0.29, 0.717) is 17.5 Å². The lowest BCUT2D eigenvalue weighted by Gasteiger charge is -2.15. The van der Waals surface area contributed by atoms with Gasteiger partial charge in [-0.3, -0.25) is 0 Å². The van der Waals surface area contributed by atoms with E-state index in [4.69, 9.17) is 19.4 Å². The molecule has 0 saturated heterocycles. The molecule has 0 fully saturated rings. The second-order valence-electron chi connectivity index (χ2n) is 13.9. The third-order valence-electron chi connectivity index (χ3n) is 10.7. The molecule has 0 radical (unpaired) electrons. The summed E-state index contributed by atoms with van der Waals surface area (Å²) < 4.78 is 6.68. The minimum absolute atomic E-state index is 0.585. The van der Waals surface area contributed by atoms with E-state index in [1.165, 1.54) is 16.2 Å². The number of fused-ring (bicyclic) bond motifs is 8. The highest BCUT2D eigenvalue weighted by Crippen LogP contribution is 2.43. The van der Waals surface area contributed by atoms with Crippen LogP contribution in [0.15, 0.2) is 192 Å². The van der Waals surface area contributed by atoms with Gasteiger partial charge in [-0.15, -0.1) is 0 Å². The van der Waals surface area contributed by atoms with Crippen molar-refractivity contribution in [2.75, 3.05) is 0 Å². The van der Waals surface area contributed by atoms with Crippen LogP contribution >= 0.6 is 0 Å². The van der Waals surface area contributed by atoms with Crippen LogP contribution in [0.1, 0.15) is 0 Å². The Morgan fingerprint density at radius 1 is 0.309 bits per heavy atom. The maximum atomic E-state index is 6.68. The zero-order valence-electron chi connectivity index (χ0n) is 29.6. The molecule has 2 heterocycles. The molecule has 0 N–H and O–H groups in total. The van der Waals surface area contributed by atoms with Gasteiger partial charge in [0, 0.05) is 33.0 Å². The fourth-order valence-electron chi connectivity index (χ4n) is 8.21. The zero-order valence-corrected chi connectivity index (χ0v) is 29.6. The summed E-state index contributed by atoms with van der Waals surface area (Å²) in [4.78, 5) is 16.1. The van der Waals surface area contributed by atoms with E-state index in [-0.39, 0.29) is 0 Å². The van der Waals surface area contributed by atoms with Crippen LogP contribution < -0.4 is 0 Å². The highest BCUT2D eigenvalue weighted by Gasteiger charge is 2.22. The second kappa shape index (κ2) is 12.6. The summed E-state index contributed by atoms with van der Waals surface area (Å²) in [7, 11) is 0. The van der Waals surface area contributed by atoms with Crippen LogP contribution in [-0.4, -0.2) is 15.0 Å². The first kappa shape index (κ1) is 31.1. The van der Waals surface area contributed by atoms with Gasteiger partial charge in [-0.05, 0) is 73.3 Å². The first-order valence-electron chi connectivity index (χ1n) is 18.5. The maximum absolute atomic E-state index is 6.68. The number of hydrogen-bond acceptors (Lipinski definition) is 4. The molecule has 2 aromatic heterocycles. The molecule has 4 heteroatoms. The van der Waals surface area contributed by atoms with Crippen LogP contribution in [0.2, 0.25) is 0 Å². The van der Waals surface area contributed by atoms with E-state index >= 15 is 0 Å². The van der Waals surface area contributed by atoms with E-state index in [1.54, 1.807) is 0 Å². The number of hydrogen-bond donors (Lipinski definition) is 0. The van der Waals surface area contributed by atoms with Crippen molar-refractivity contribution in [2.24, 2.45) is 0 Å². The van der Waals surface area contributed by atoms with Crippen molar-refractivity contribution in [3.8, 4) is 56.4 Å². The molecule has 55 heavy (non-hydrogen) atoms. The van der Waals surface area contributed by atoms with E-state index in [9.17, 15) is 0 Å². The summed E-state index contributed by atoms with van der Waals surface area (Å²) >= 11 is 0. The van der Waals surface area contributed by atoms with Gasteiger partial charge >= 0.3 is 0 Å². The third kappa shape index (κ3) is 5.11. The van der Waals surface area contributed by atoms with Gasteiger partial charge in [0.15, 0.2) is 17.5 Å². The molecular formula is C51H31N3O. The Kier molecular flexibility index (Phi) is 7.14. The summed E-state index contributed by atoms with van der Waals surface area (Å²) in [5, 5.41) is 9.04. The van der Waals surface area contributed by atoms with Crippen LogP contribution in [-0.2, 0) is 0 Å². The first-order chi connectivity index (χ1) is 27.3. The monoisotopic (exact) mass is 701 g/mol. The van der Waals surface area contributed by atoms with Crippen LogP contribution in [0.25, 0.3) is 111 Å². The molecule has 256 valence electrons. The number of para-hydroxylation sites is 1. The predicted octanol–water partition coefficient (Wildman–Crippen LogP) is 13.6. The highest BCUT2D eigenvalue weighted by molar-refractivity contribution is 6.23. The van der Waals surface area contributed by atoms with Gasteiger partial charge in [-0.2, -0.15) is 0 Å². The largest absolute Gasteiger partial charge is 0.455 e. The summed E-state index contributed by atoms with van der Waals surface area (Å²) in [5.74, 6) is 1.80. The number of furan rings is 1. The number of nitrogens with zero attached hydrogens (tertiary/aromatic N) is 3. The van der Waals surface area contributed by atoms with E-state index in [2.05, 4.69) is 164 Å². The van der Waals surface area contributed by atoms with E-state index in [1.807, 2.05) is 24.3 Å². The topological polar surface area (TPSA) is 51.8 Å². The zero-order chi connectivity index (χ0) is 36.3. The lowest BCUT2D eigenvalue weighted by atomic mass is 9.93. The molecule has 9 aromatic carbocycles. The lowest BCUT2D eigenvalue weighted by Crippen LogP contribution is -2.02. The first-order valence-corrected chi connectivity index (χ1v) is 18.5. The molecule has 0 aliphatic heterocycles. The molecule has 11 aromatic rings. The molecule has 0 unspecified atom stereocenters. The van der Waals surface area contributed by atoms with Gasteiger partial charge in [0.2, 0.25) is 0 Å². The Morgan fingerprint density at radius 3 is 1.60 bits per heavy atom. The number of aromatic nitrogens is 3. The minimum Gasteiger partial charge on any atom is -0.455 e. The summed E-state index contributed by atoms with van der Waals surface area (Å²) in [5.41, 5.74) is 8.66. The molecule has 4 nitrogen and oxygen atoms in total. The lowest BCUT2D eigenvalue weighted by molar-refractivity contribution is 0.670. The molecule has 0 aliphatic carbocycles. The van der Waals surface area contributed by atoms with Crippen molar-refractivity contribution in [2.45, 2.75) is 0 Å². The Balaban J connectivity index is 1.24. The predicted molar refractivity (Wildman–Crippen MR) is 227 cm³/mol. The van der Waals surface area contributed by atoms with E-state index < -0.39 is 0 Å². The Morgan fingerprint density at radius 2 is 0.836 bits per heavy atom. The minimum atomic E-state index is 0.585. The molecule has 0 aliphatic rings. The molecular weight excluding hydrogens is 671 g/mol. The van der Waals surface area contributed by atoms with Crippen molar-refractivity contribution >= 4 is 54.3 Å². The number of benzene rings is 9. The number of rotatable bonds is 5. The van der Waals surface area contributed by atoms with Gasteiger partial charge in [0.05, 0.1) is 0 Å². The average Bonchev–Trinajstić information content (AvgIpc) is 3.66. The molecule has 0 saturated carbocycles. The summed E-state index contributed by atoms with van der Waals surface area (Å²) in [6.07, 6.45) is 0. The third-order valence-corrected chi connectivity index (χ3v) is 10.7. The Labute approximate surface area is 317 Å². The molecule has 11 rings (SSSR count). The smallest absolute Gasteiger partial charge is 0.164 e. The van der Waals surface area contributed by atoms with Gasteiger partial charge in [0.1, 0.15) is 11.2 Å². The molecule has 0 amide bonds. The Hall–Kier alpha value is -7.43. The summed E-state index contributed by atoms with van der Waals surface area (Å²) in [6.45, 7) is 0.